The number of nitrogens with one attached hydrogen (secondary N) is 2. The fraction of sp³-hybridized carbons (Fsp3) is 0.562. The Hall–Kier alpha value is -1.06. The molecular formula is C16H25ClN2O. The molecule has 0 aliphatic carbocycles. The highest BCUT2D eigenvalue weighted by Gasteiger charge is 2.17. The summed E-state index contributed by atoms with van der Waals surface area (Å²) in [5.74, 6) is 0.0479. The van der Waals surface area contributed by atoms with Gasteiger partial charge in [-0.05, 0) is 44.9 Å². The molecular weight excluding hydrogens is 272 g/mol. The van der Waals surface area contributed by atoms with Gasteiger partial charge in [-0.3, -0.25) is 10.1 Å². The summed E-state index contributed by atoms with van der Waals surface area (Å²) < 4.78 is 0. The lowest BCUT2D eigenvalue weighted by Crippen LogP contribution is -2.46. The second-order valence-electron chi connectivity index (χ2n) is 5.36. The number of amides is 1. The molecule has 1 amide bonds. The maximum atomic E-state index is 12.1. The van der Waals surface area contributed by atoms with Crippen LogP contribution in [0.3, 0.4) is 0 Å². The molecule has 0 aliphatic heterocycles. The SMILES string of the molecule is CCCC(C)NC(=O)C(C)N[C@H](C)c1ccc(Cl)cc1. The van der Waals surface area contributed by atoms with E-state index in [9.17, 15) is 4.79 Å². The molecule has 0 saturated heterocycles. The van der Waals surface area contributed by atoms with Gasteiger partial charge in [0.1, 0.15) is 0 Å². The molecule has 1 aromatic carbocycles. The highest BCUT2D eigenvalue weighted by Crippen LogP contribution is 2.16. The Kier molecular flexibility index (Phi) is 7.03. The van der Waals surface area contributed by atoms with Crippen molar-refractivity contribution in [1.82, 2.24) is 10.6 Å². The largest absolute Gasteiger partial charge is 0.352 e. The second-order valence-corrected chi connectivity index (χ2v) is 5.80. The molecule has 2 N–H and O–H groups in total. The molecule has 0 radical (unpaired) electrons. The van der Waals surface area contributed by atoms with Crippen molar-refractivity contribution in [2.75, 3.05) is 0 Å². The predicted octanol–water partition coefficient (Wildman–Crippen LogP) is 3.68. The Morgan fingerprint density at radius 2 is 1.80 bits per heavy atom. The van der Waals surface area contributed by atoms with Gasteiger partial charge >= 0.3 is 0 Å². The topological polar surface area (TPSA) is 41.1 Å². The van der Waals surface area contributed by atoms with E-state index in [1.807, 2.05) is 45.0 Å². The van der Waals surface area contributed by atoms with Crippen molar-refractivity contribution < 1.29 is 4.79 Å². The molecule has 112 valence electrons. The van der Waals surface area contributed by atoms with Crippen molar-refractivity contribution in [3.05, 3.63) is 34.9 Å². The second kappa shape index (κ2) is 8.28. The zero-order valence-electron chi connectivity index (χ0n) is 12.7. The van der Waals surface area contributed by atoms with Crippen molar-refractivity contribution >= 4 is 17.5 Å². The lowest BCUT2D eigenvalue weighted by molar-refractivity contribution is -0.123. The van der Waals surface area contributed by atoms with Crippen LogP contribution in [-0.2, 0) is 4.79 Å². The van der Waals surface area contributed by atoms with E-state index in [0.717, 1.165) is 23.4 Å². The number of hydrogen-bond acceptors (Lipinski definition) is 2. The third kappa shape index (κ3) is 5.51. The Morgan fingerprint density at radius 1 is 1.20 bits per heavy atom. The first-order valence-electron chi connectivity index (χ1n) is 7.26. The van der Waals surface area contributed by atoms with E-state index in [1.54, 1.807) is 0 Å². The van der Waals surface area contributed by atoms with Crippen LogP contribution in [0.5, 0.6) is 0 Å². The number of carbonyl (C=O) groups excluding carboxylic acids is 1. The first-order valence-corrected chi connectivity index (χ1v) is 7.63. The van der Waals surface area contributed by atoms with Gasteiger partial charge in [-0.1, -0.05) is 37.1 Å². The van der Waals surface area contributed by atoms with E-state index in [-0.39, 0.29) is 24.0 Å². The Labute approximate surface area is 127 Å². The maximum absolute atomic E-state index is 12.1. The minimum Gasteiger partial charge on any atom is -0.352 e. The number of carbonyl (C=O) groups is 1. The molecule has 0 saturated carbocycles. The normalized spacial score (nSPS) is 15.4. The van der Waals surface area contributed by atoms with Gasteiger partial charge in [0.25, 0.3) is 0 Å². The molecule has 0 aliphatic rings. The van der Waals surface area contributed by atoms with E-state index in [0.29, 0.717) is 0 Å². The highest BCUT2D eigenvalue weighted by molar-refractivity contribution is 6.30. The van der Waals surface area contributed by atoms with E-state index in [1.165, 1.54) is 0 Å². The lowest BCUT2D eigenvalue weighted by atomic mass is 10.1. The zero-order chi connectivity index (χ0) is 15.1. The maximum Gasteiger partial charge on any atom is 0.237 e. The van der Waals surface area contributed by atoms with E-state index < -0.39 is 0 Å². The Bertz CT molecular complexity index is 419. The minimum atomic E-state index is -0.222. The summed E-state index contributed by atoms with van der Waals surface area (Å²) in [4.78, 5) is 12.1. The van der Waals surface area contributed by atoms with Gasteiger partial charge in [-0.2, -0.15) is 0 Å². The van der Waals surface area contributed by atoms with Crippen LogP contribution in [0, 0.1) is 0 Å². The molecule has 3 nitrogen and oxygen atoms in total. The van der Waals surface area contributed by atoms with Crippen molar-refractivity contribution in [3.63, 3.8) is 0 Å². The van der Waals surface area contributed by atoms with Gasteiger partial charge < -0.3 is 5.32 Å². The fourth-order valence-electron chi connectivity index (χ4n) is 2.17. The smallest absolute Gasteiger partial charge is 0.237 e. The van der Waals surface area contributed by atoms with Crippen LogP contribution in [0.4, 0.5) is 0 Å². The Morgan fingerprint density at radius 3 is 2.35 bits per heavy atom. The third-order valence-electron chi connectivity index (χ3n) is 3.37. The standard InChI is InChI=1S/C16H25ClN2O/c1-5-6-11(2)18-16(20)13(4)19-12(3)14-7-9-15(17)10-8-14/h7-13,19H,5-6H2,1-4H3,(H,18,20)/t11?,12-,13?/m1/s1. The average molecular weight is 297 g/mol. The van der Waals surface area contributed by atoms with E-state index in [4.69, 9.17) is 11.6 Å². The van der Waals surface area contributed by atoms with Gasteiger partial charge in [-0.15, -0.1) is 0 Å². The number of hydrogen-bond donors (Lipinski definition) is 2. The third-order valence-corrected chi connectivity index (χ3v) is 3.63. The van der Waals surface area contributed by atoms with Gasteiger partial charge in [0.05, 0.1) is 6.04 Å². The Balaban J connectivity index is 2.50. The summed E-state index contributed by atoms with van der Waals surface area (Å²) in [6, 6.07) is 7.79. The summed E-state index contributed by atoms with van der Waals surface area (Å²) in [5, 5.41) is 7.05. The van der Waals surface area contributed by atoms with E-state index in [2.05, 4.69) is 17.6 Å². The van der Waals surface area contributed by atoms with Crippen LogP contribution in [0.1, 0.15) is 52.1 Å². The molecule has 0 fully saturated rings. The van der Waals surface area contributed by atoms with E-state index >= 15 is 0 Å². The first kappa shape index (κ1) is 17.0. The average Bonchev–Trinajstić information content (AvgIpc) is 2.39. The highest BCUT2D eigenvalue weighted by atomic mass is 35.5. The molecule has 0 bridgehead atoms. The van der Waals surface area contributed by atoms with Crippen molar-refractivity contribution in [2.45, 2.75) is 58.7 Å². The fourth-order valence-corrected chi connectivity index (χ4v) is 2.30. The van der Waals surface area contributed by atoms with Gasteiger partial charge in [0, 0.05) is 17.1 Å². The van der Waals surface area contributed by atoms with Gasteiger partial charge in [-0.25, -0.2) is 0 Å². The molecule has 0 aromatic heterocycles. The summed E-state index contributed by atoms with van der Waals surface area (Å²) in [6.07, 6.45) is 2.08. The molecule has 20 heavy (non-hydrogen) atoms. The van der Waals surface area contributed by atoms with Crippen LogP contribution in [0.15, 0.2) is 24.3 Å². The van der Waals surface area contributed by atoms with Crippen LogP contribution in [0.25, 0.3) is 0 Å². The summed E-state index contributed by atoms with van der Waals surface area (Å²) in [7, 11) is 0. The molecule has 1 rings (SSSR count). The van der Waals surface area contributed by atoms with Crippen LogP contribution >= 0.6 is 11.6 Å². The molecule has 3 atom stereocenters. The monoisotopic (exact) mass is 296 g/mol. The zero-order valence-corrected chi connectivity index (χ0v) is 13.5. The van der Waals surface area contributed by atoms with Crippen molar-refractivity contribution in [3.8, 4) is 0 Å². The van der Waals surface area contributed by atoms with Gasteiger partial charge in [0.15, 0.2) is 0 Å². The number of rotatable bonds is 7. The minimum absolute atomic E-state index is 0.0479. The summed E-state index contributed by atoms with van der Waals surface area (Å²) >= 11 is 5.87. The number of benzene rings is 1. The van der Waals surface area contributed by atoms with Crippen LogP contribution in [0.2, 0.25) is 5.02 Å². The quantitative estimate of drug-likeness (QED) is 0.806. The van der Waals surface area contributed by atoms with Crippen molar-refractivity contribution in [1.29, 1.82) is 0 Å². The molecule has 4 heteroatoms. The van der Waals surface area contributed by atoms with Crippen molar-refractivity contribution in [2.24, 2.45) is 0 Å². The first-order chi connectivity index (χ1) is 9.43. The van der Waals surface area contributed by atoms with Crippen LogP contribution in [-0.4, -0.2) is 18.0 Å². The number of halogens is 1. The molecule has 1 aromatic rings. The predicted molar refractivity (Wildman–Crippen MR) is 85.0 cm³/mol. The summed E-state index contributed by atoms with van der Waals surface area (Å²) in [6.45, 7) is 8.09. The molecule has 2 unspecified atom stereocenters. The van der Waals surface area contributed by atoms with Crippen LogP contribution < -0.4 is 10.6 Å². The summed E-state index contributed by atoms with van der Waals surface area (Å²) in [5.41, 5.74) is 1.12. The lowest BCUT2D eigenvalue weighted by Gasteiger charge is -2.22. The molecule has 0 spiro atoms. The molecule has 0 heterocycles. The van der Waals surface area contributed by atoms with Gasteiger partial charge in [0.2, 0.25) is 5.91 Å².